The molecule has 1 aliphatic rings. The number of benzene rings is 2. The van der Waals surface area contributed by atoms with Gasteiger partial charge in [0.15, 0.2) is 0 Å². The minimum atomic E-state index is -0.0559. The van der Waals surface area contributed by atoms with E-state index in [9.17, 15) is 4.79 Å². The molecule has 26 heavy (non-hydrogen) atoms. The van der Waals surface area contributed by atoms with Crippen LogP contribution in [0.3, 0.4) is 0 Å². The van der Waals surface area contributed by atoms with Crippen LogP contribution in [-0.2, 0) is 0 Å². The van der Waals surface area contributed by atoms with E-state index in [0.717, 1.165) is 41.7 Å². The van der Waals surface area contributed by atoms with Crippen LogP contribution in [0.25, 0.3) is 11.0 Å². The molecular formula is C21H21N3O2. The number of carbonyl (C=O) groups is 1. The van der Waals surface area contributed by atoms with Gasteiger partial charge in [0.1, 0.15) is 11.4 Å². The lowest BCUT2D eigenvalue weighted by atomic mass is 10.0. The van der Waals surface area contributed by atoms with Gasteiger partial charge in [0.05, 0.1) is 29.9 Å². The molecule has 0 bridgehead atoms. The third-order valence-corrected chi connectivity index (χ3v) is 4.76. The monoisotopic (exact) mass is 347 g/mol. The summed E-state index contributed by atoms with van der Waals surface area (Å²) in [5.74, 6) is 0.798. The van der Waals surface area contributed by atoms with Crippen molar-refractivity contribution in [3.8, 4) is 5.75 Å². The highest BCUT2D eigenvalue weighted by Crippen LogP contribution is 2.33. The summed E-state index contributed by atoms with van der Waals surface area (Å²) in [5.41, 5.74) is 3.08. The van der Waals surface area contributed by atoms with Crippen LogP contribution in [-0.4, -0.2) is 33.9 Å². The van der Waals surface area contributed by atoms with E-state index in [1.807, 2.05) is 60.4 Å². The average Bonchev–Trinajstić information content (AvgIpc) is 3.17. The fourth-order valence-electron chi connectivity index (χ4n) is 3.52. The number of para-hydroxylation sites is 2. The van der Waals surface area contributed by atoms with E-state index in [2.05, 4.69) is 9.97 Å². The molecule has 3 aromatic rings. The van der Waals surface area contributed by atoms with Gasteiger partial charge in [-0.25, -0.2) is 4.98 Å². The summed E-state index contributed by atoms with van der Waals surface area (Å²) in [5, 5.41) is 0. The zero-order chi connectivity index (χ0) is 17.9. The number of likely N-dealkylation sites (tertiary alicyclic amines) is 1. The number of ether oxygens (including phenoxy) is 1. The van der Waals surface area contributed by atoms with Crippen LogP contribution in [0.1, 0.15) is 41.9 Å². The molecule has 5 heteroatoms. The van der Waals surface area contributed by atoms with Crippen molar-refractivity contribution >= 4 is 16.9 Å². The normalized spacial score (nSPS) is 16.8. The van der Waals surface area contributed by atoms with E-state index in [4.69, 9.17) is 4.74 Å². The highest BCUT2D eigenvalue weighted by atomic mass is 16.5. The summed E-state index contributed by atoms with van der Waals surface area (Å²) in [6, 6.07) is 15.7. The molecule has 0 N–H and O–H groups in total. The minimum Gasteiger partial charge on any atom is -0.494 e. The lowest BCUT2D eigenvalue weighted by molar-refractivity contribution is 0.0729. The van der Waals surface area contributed by atoms with Crippen LogP contribution in [0.2, 0.25) is 0 Å². The van der Waals surface area contributed by atoms with Gasteiger partial charge in [0.2, 0.25) is 0 Å². The zero-order valence-corrected chi connectivity index (χ0v) is 14.8. The first-order valence-corrected chi connectivity index (χ1v) is 9.02. The Morgan fingerprint density at radius 1 is 1.15 bits per heavy atom. The Bertz CT molecular complexity index is 924. The molecule has 1 unspecified atom stereocenters. The molecule has 2 aromatic carbocycles. The Morgan fingerprint density at radius 2 is 1.92 bits per heavy atom. The number of hydrogen-bond acceptors (Lipinski definition) is 4. The largest absolute Gasteiger partial charge is 0.494 e. The van der Waals surface area contributed by atoms with Crippen LogP contribution in [0, 0.1) is 0 Å². The molecule has 0 radical (unpaired) electrons. The van der Waals surface area contributed by atoms with Crippen LogP contribution >= 0.6 is 0 Å². The van der Waals surface area contributed by atoms with Crippen molar-refractivity contribution in [1.82, 2.24) is 14.9 Å². The topological polar surface area (TPSA) is 55.3 Å². The molecule has 1 aromatic heterocycles. The lowest BCUT2D eigenvalue weighted by Crippen LogP contribution is -2.31. The van der Waals surface area contributed by atoms with E-state index >= 15 is 0 Å². The first-order valence-electron chi connectivity index (χ1n) is 9.02. The van der Waals surface area contributed by atoms with Crippen molar-refractivity contribution < 1.29 is 9.53 Å². The fourth-order valence-corrected chi connectivity index (χ4v) is 3.52. The molecule has 1 fully saturated rings. The summed E-state index contributed by atoms with van der Waals surface area (Å²) < 4.78 is 5.51. The molecule has 132 valence electrons. The van der Waals surface area contributed by atoms with Crippen molar-refractivity contribution in [1.29, 1.82) is 0 Å². The molecule has 1 saturated heterocycles. The number of amides is 1. The van der Waals surface area contributed by atoms with Crippen molar-refractivity contribution in [2.75, 3.05) is 13.2 Å². The lowest BCUT2D eigenvalue weighted by Gasteiger charge is -2.25. The first-order chi connectivity index (χ1) is 12.8. The maximum atomic E-state index is 13.0. The van der Waals surface area contributed by atoms with Gasteiger partial charge in [0.25, 0.3) is 5.91 Å². The molecule has 1 atom stereocenters. The predicted octanol–water partition coefficient (Wildman–Crippen LogP) is 4.01. The molecule has 5 nitrogen and oxygen atoms in total. The first kappa shape index (κ1) is 16.5. The minimum absolute atomic E-state index is 0.0559. The molecule has 0 saturated carbocycles. The maximum absolute atomic E-state index is 13.0. The van der Waals surface area contributed by atoms with Gasteiger partial charge in [-0.2, -0.15) is 0 Å². The van der Waals surface area contributed by atoms with E-state index in [0.29, 0.717) is 12.3 Å². The summed E-state index contributed by atoms with van der Waals surface area (Å²) in [6.45, 7) is 3.36. The Labute approximate surface area is 152 Å². The SMILES string of the molecule is CCOc1ccc(C2CCCN2C(=O)c2cnc3ccccc3n2)cc1. The standard InChI is InChI=1S/C21H21N3O2/c1-2-26-16-11-9-15(10-12-16)20-8-5-13-24(20)21(25)19-14-22-17-6-3-4-7-18(17)23-19/h3-4,6-7,9-12,14,20H,2,5,8,13H2,1H3. The van der Waals surface area contributed by atoms with Gasteiger partial charge in [-0.05, 0) is 49.6 Å². The highest BCUT2D eigenvalue weighted by molar-refractivity contribution is 5.94. The smallest absolute Gasteiger partial charge is 0.274 e. The van der Waals surface area contributed by atoms with Gasteiger partial charge >= 0.3 is 0 Å². The third-order valence-electron chi connectivity index (χ3n) is 4.76. The summed E-state index contributed by atoms with van der Waals surface area (Å²) in [7, 11) is 0. The van der Waals surface area contributed by atoms with E-state index in [1.165, 1.54) is 0 Å². The van der Waals surface area contributed by atoms with E-state index in [-0.39, 0.29) is 11.9 Å². The van der Waals surface area contributed by atoms with Gasteiger partial charge in [-0.1, -0.05) is 24.3 Å². The van der Waals surface area contributed by atoms with Crippen LogP contribution in [0.4, 0.5) is 0 Å². The third kappa shape index (κ3) is 3.12. The number of nitrogens with zero attached hydrogens (tertiary/aromatic N) is 3. The van der Waals surface area contributed by atoms with E-state index < -0.39 is 0 Å². The Kier molecular flexibility index (Phi) is 4.52. The van der Waals surface area contributed by atoms with E-state index in [1.54, 1.807) is 6.20 Å². The Morgan fingerprint density at radius 3 is 2.69 bits per heavy atom. The fraction of sp³-hybridized carbons (Fsp3) is 0.286. The van der Waals surface area contributed by atoms with Crippen LogP contribution in [0.15, 0.2) is 54.7 Å². The number of rotatable bonds is 4. The molecule has 1 amide bonds. The van der Waals surface area contributed by atoms with Crippen molar-refractivity contribution in [3.63, 3.8) is 0 Å². The number of aromatic nitrogens is 2. The predicted molar refractivity (Wildman–Crippen MR) is 100 cm³/mol. The Hall–Kier alpha value is -2.95. The molecule has 4 rings (SSSR count). The maximum Gasteiger partial charge on any atom is 0.274 e. The number of carbonyl (C=O) groups excluding carboxylic acids is 1. The second-order valence-corrected chi connectivity index (χ2v) is 6.40. The average molecular weight is 347 g/mol. The summed E-state index contributed by atoms with van der Waals surface area (Å²) >= 11 is 0. The van der Waals surface area contributed by atoms with Gasteiger partial charge in [0, 0.05) is 6.54 Å². The molecule has 0 aliphatic carbocycles. The second-order valence-electron chi connectivity index (χ2n) is 6.40. The number of fused-ring (bicyclic) bond motifs is 1. The van der Waals surface area contributed by atoms with Crippen molar-refractivity contribution in [2.45, 2.75) is 25.8 Å². The van der Waals surface area contributed by atoms with Gasteiger partial charge < -0.3 is 9.64 Å². The van der Waals surface area contributed by atoms with Crippen LogP contribution < -0.4 is 4.74 Å². The quantitative estimate of drug-likeness (QED) is 0.716. The zero-order valence-electron chi connectivity index (χ0n) is 14.8. The van der Waals surface area contributed by atoms with Crippen molar-refractivity contribution in [3.05, 3.63) is 66.0 Å². The molecular weight excluding hydrogens is 326 g/mol. The van der Waals surface area contributed by atoms with Crippen molar-refractivity contribution in [2.24, 2.45) is 0 Å². The summed E-state index contributed by atoms with van der Waals surface area (Å²) in [4.78, 5) is 23.8. The molecule has 2 heterocycles. The molecule has 0 spiro atoms. The highest BCUT2D eigenvalue weighted by Gasteiger charge is 2.31. The second kappa shape index (κ2) is 7.12. The number of hydrogen-bond donors (Lipinski definition) is 0. The molecule has 1 aliphatic heterocycles. The van der Waals surface area contributed by atoms with Gasteiger partial charge in [-0.15, -0.1) is 0 Å². The van der Waals surface area contributed by atoms with Gasteiger partial charge in [-0.3, -0.25) is 9.78 Å². The summed E-state index contributed by atoms with van der Waals surface area (Å²) in [6.07, 6.45) is 3.53. The van der Waals surface area contributed by atoms with Crippen LogP contribution in [0.5, 0.6) is 5.75 Å². The Balaban J connectivity index is 1.59.